The van der Waals surface area contributed by atoms with E-state index in [1.165, 1.54) is 22.5 Å². The molecule has 1 unspecified atom stereocenters. The molecule has 1 aromatic carbocycles. The lowest BCUT2D eigenvalue weighted by Gasteiger charge is -2.32. The lowest BCUT2D eigenvalue weighted by molar-refractivity contribution is -0.127. The second-order valence-corrected chi connectivity index (χ2v) is 10.6. The van der Waals surface area contributed by atoms with Crippen molar-refractivity contribution in [2.75, 3.05) is 13.1 Å². The second-order valence-electron chi connectivity index (χ2n) is 7.69. The van der Waals surface area contributed by atoms with E-state index in [9.17, 15) is 17.6 Å². The van der Waals surface area contributed by atoms with Crippen LogP contribution in [0, 0.1) is 17.7 Å². The van der Waals surface area contributed by atoms with Crippen LogP contribution < -0.4 is 5.32 Å². The summed E-state index contributed by atoms with van der Waals surface area (Å²) in [5.74, 6) is -0.660. The maximum Gasteiger partial charge on any atom is 0.245 e. The Morgan fingerprint density at radius 1 is 1.17 bits per heavy atom. The molecular weight excluding hydrogens is 423 g/mol. The molecule has 0 radical (unpaired) electrons. The molecule has 1 aliphatic rings. The summed E-state index contributed by atoms with van der Waals surface area (Å²) < 4.78 is 40.8. The van der Waals surface area contributed by atoms with E-state index in [1.807, 2.05) is 11.4 Å². The third kappa shape index (κ3) is 4.92. The third-order valence-corrected chi connectivity index (χ3v) is 8.83. The molecule has 30 heavy (non-hydrogen) atoms. The Morgan fingerprint density at radius 2 is 1.83 bits per heavy atom. The lowest BCUT2D eigenvalue weighted by Crippen LogP contribution is -2.44. The van der Waals surface area contributed by atoms with Crippen molar-refractivity contribution in [2.45, 2.75) is 50.5 Å². The molecule has 5 nitrogen and oxygen atoms in total. The number of rotatable bonds is 8. The molecule has 8 heteroatoms. The third-order valence-electron chi connectivity index (χ3n) is 5.95. The first kappa shape index (κ1) is 22.9. The van der Waals surface area contributed by atoms with Gasteiger partial charge in [-0.05, 0) is 42.3 Å². The summed E-state index contributed by atoms with van der Waals surface area (Å²) in [6, 6.07) is 9.44. The van der Waals surface area contributed by atoms with Crippen LogP contribution in [-0.4, -0.2) is 31.7 Å². The molecule has 164 valence electrons. The average Bonchev–Trinajstić information content (AvgIpc) is 3.28. The van der Waals surface area contributed by atoms with E-state index in [1.54, 1.807) is 11.3 Å². The first-order valence-electron chi connectivity index (χ1n) is 10.5. The van der Waals surface area contributed by atoms with Gasteiger partial charge < -0.3 is 5.32 Å². The van der Waals surface area contributed by atoms with Gasteiger partial charge in [-0.25, -0.2) is 12.8 Å². The molecule has 3 rings (SSSR count). The number of nitrogens with one attached hydrogen (secondary N) is 1. The summed E-state index contributed by atoms with van der Waals surface area (Å²) in [4.78, 5) is 13.8. The van der Waals surface area contributed by atoms with Crippen molar-refractivity contribution < 1.29 is 17.6 Å². The number of thiophene rings is 1. The Hall–Kier alpha value is -1.77. The fourth-order valence-electron chi connectivity index (χ4n) is 4.07. The van der Waals surface area contributed by atoms with E-state index in [4.69, 9.17) is 0 Å². The minimum atomic E-state index is -3.89. The van der Waals surface area contributed by atoms with Crippen molar-refractivity contribution in [3.8, 4) is 0 Å². The summed E-state index contributed by atoms with van der Waals surface area (Å²) in [7, 11) is -3.89. The SMILES string of the molecule is CCC(CC)C(NC(=O)C1CCN(S(=O)(=O)c2ccccc2F)CC1)c1cccs1. The van der Waals surface area contributed by atoms with E-state index in [-0.39, 0.29) is 35.9 Å². The van der Waals surface area contributed by atoms with Gasteiger partial charge in [-0.1, -0.05) is 44.9 Å². The van der Waals surface area contributed by atoms with Gasteiger partial charge in [-0.3, -0.25) is 4.79 Å². The van der Waals surface area contributed by atoms with Crippen LogP contribution in [0.15, 0.2) is 46.7 Å². The monoisotopic (exact) mass is 452 g/mol. The van der Waals surface area contributed by atoms with Gasteiger partial charge in [-0.15, -0.1) is 11.3 Å². The summed E-state index contributed by atoms with van der Waals surface area (Å²) in [6.45, 7) is 4.69. The van der Waals surface area contributed by atoms with Crippen LogP contribution in [0.1, 0.15) is 50.4 Å². The molecule has 0 bridgehead atoms. The molecular formula is C22H29FN2O3S2. The van der Waals surface area contributed by atoms with Crippen LogP contribution in [0.3, 0.4) is 0 Å². The molecule has 0 aliphatic carbocycles. The topological polar surface area (TPSA) is 66.5 Å². The highest BCUT2D eigenvalue weighted by Crippen LogP contribution is 2.32. The molecule has 0 saturated carbocycles. The van der Waals surface area contributed by atoms with E-state index in [2.05, 4.69) is 25.2 Å². The normalized spacial score (nSPS) is 17.2. The maximum atomic E-state index is 14.0. The number of hydrogen-bond acceptors (Lipinski definition) is 4. The Morgan fingerprint density at radius 3 is 2.40 bits per heavy atom. The predicted molar refractivity (Wildman–Crippen MR) is 117 cm³/mol. The van der Waals surface area contributed by atoms with E-state index < -0.39 is 15.8 Å². The van der Waals surface area contributed by atoms with E-state index >= 15 is 0 Å². The van der Waals surface area contributed by atoms with Crippen molar-refractivity contribution in [3.05, 3.63) is 52.5 Å². The number of carbonyl (C=O) groups is 1. The molecule has 1 atom stereocenters. The highest BCUT2D eigenvalue weighted by atomic mass is 32.2. The van der Waals surface area contributed by atoms with Crippen LogP contribution in [0.2, 0.25) is 0 Å². The standard InChI is InChI=1S/C22H29FN2O3S2/c1-3-16(4-2)21(19-9-7-15-29-19)24-22(26)17-11-13-25(14-12-17)30(27,28)20-10-6-5-8-18(20)23/h5-10,15-17,21H,3-4,11-14H2,1-2H3,(H,24,26). The number of hydrogen-bond donors (Lipinski definition) is 1. The average molecular weight is 453 g/mol. The first-order valence-corrected chi connectivity index (χ1v) is 12.8. The number of sulfonamides is 1. The zero-order valence-corrected chi connectivity index (χ0v) is 19.0. The molecule has 2 aromatic rings. The summed E-state index contributed by atoms with van der Waals surface area (Å²) in [5, 5.41) is 5.25. The highest BCUT2D eigenvalue weighted by Gasteiger charge is 2.34. The minimum Gasteiger partial charge on any atom is -0.348 e. The van der Waals surface area contributed by atoms with Crippen molar-refractivity contribution >= 4 is 27.3 Å². The number of carbonyl (C=O) groups excluding carboxylic acids is 1. The smallest absolute Gasteiger partial charge is 0.245 e. The number of halogens is 1. The maximum absolute atomic E-state index is 14.0. The van der Waals surface area contributed by atoms with Gasteiger partial charge in [0, 0.05) is 23.9 Å². The predicted octanol–water partition coefficient (Wildman–Crippen LogP) is 4.58. The zero-order chi connectivity index (χ0) is 21.7. The van der Waals surface area contributed by atoms with Crippen molar-refractivity contribution in [2.24, 2.45) is 11.8 Å². The van der Waals surface area contributed by atoms with Gasteiger partial charge in [-0.2, -0.15) is 4.31 Å². The van der Waals surface area contributed by atoms with Crippen LogP contribution in [0.25, 0.3) is 0 Å². The molecule has 1 saturated heterocycles. The molecule has 0 spiro atoms. The number of nitrogens with zero attached hydrogens (tertiary/aromatic N) is 1. The fourth-order valence-corrected chi connectivity index (χ4v) is 6.48. The molecule has 1 aliphatic heterocycles. The minimum absolute atomic E-state index is 0.0207. The van der Waals surface area contributed by atoms with Crippen molar-refractivity contribution in [1.82, 2.24) is 9.62 Å². The fraction of sp³-hybridized carbons (Fsp3) is 0.500. The number of amides is 1. The summed E-state index contributed by atoms with van der Waals surface area (Å²) >= 11 is 1.64. The Bertz CT molecular complexity index is 935. The number of benzene rings is 1. The van der Waals surface area contributed by atoms with E-state index in [0.29, 0.717) is 18.8 Å². The Balaban J connectivity index is 1.65. The molecule has 2 heterocycles. The van der Waals surface area contributed by atoms with Gasteiger partial charge in [0.1, 0.15) is 10.7 Å². The first-order chi connectivity index (χ1) is 14.4. The lowest BCUT2D eigenvalue weighted by atomic mass is 9.91. The van der Waals surface area contributed by atoms with Gasteiger partial charge in [0.2, 0.25) is 15.9 Å². The molecule has 1 amide bonds. The highest BCUT2D eigenvalue weighted by molar-refractivity contribution is 7.89. The van der Waals surface area contributed by atoms with Crippen LogP contribution in [0.4, 0.5) is 4.39 Å². The Labute approximate surface area is 182 Å². The quantitative estimate of drug-likeness (QED) is 0.637. The van der Waals surface area contributed by atoms with Crippen LogP contribution in [0.5, 0.6) is 0 Å². The largest absolute Gasteiger partial charge is 0.348 e. The van der Waals surface area contributed by atoms with Gasteiger partial charge in [0.25, 0.3) is 0 Å². The van der Waals surface area contributed by atoms with Crippen molar-refractivity contribution in [3.63, 3.8) is 0 Å². The summed E-state index contributed by atoms with van der Waals surface area (Å²) in [6.07, 6.45) is 2.80. The van der Waals surface area contributed by atoms with Crippen molar-refractivity contribution in [1.29, 1.82) is 0 Å². The van der Waals surface area contributed by atoms with Gasteiger partial charge in [0.15, 0.2) is 0 Å². The van der Waals surface area contributed by atoms with Crippen LogP contribution in [-0.2, 0) is 14.8 Å². The summed E-state index contributed by atoms with van der Waals surface area (Å²) in [5.41, 5.74) is 0. The zero-order valence-electron chi connectivity index (χ0n) is 17.4. The molecule has 1 fully saturated rings. The molecule has 1 N–H and O–H groups in total. The Kier molecular flexibility index (Phi) is 7.65. The second kappa shape index (κ2) is 10.0. The van der Waals surface area contributed by atoms with Crippen LogP contribution >= 0.6 is 11.3 Å². The number of piperidine rings is 1. The van der Waals surface area contributed by atoms with E-state index in [0.717, 1.165) is 23.8 Å². The van der Waals surface area contributed by atoms with Gasteiger partial charge >= 0.3 is 0 Å². The van der Waals surface area contributed by atoms with Gasteiger partial charge in [0.05, 0.1) is 6.04 Å². The molecule has 1 aromatic heterocycles.